The summed E-state index contributed by atoms with van der Waals surface area (Å²) in [5.74, 6) is 1.80. The van der Waals surface area contributed by atoms with E-state index >= 15 is 0 Å². The van der Waals surface area contributed by atoms with Crippen molar-refractivity contribution < 1.29 is 9.47 Å². The maximum atomic E-state index is 5.75. The van der Waals surface area contributed by atoms with Crippen LogP contribution in [0, 0.1) is 0 Å². The van der Waals surface area contributed by atoms with E-state index in [1.165, 1.54) is 6.42 Å². The van der Waals surface area contributed by atoms with Gasteiger partial charge in [-0.3, -0.25) is 0 Å². The van der Waals surface area contributed by atoms with Crippen molar-refractivity contribution in [1.82, 2.24) is 5.32 Å². The summed E-state index contributed by atoms with van der Waals surface area (Å²) in [7, 11) is 1.98. The van der Waals surface area contributed by atoms with Gasteiger partial charge in [-0.25, -0.2) is 0 Å². The molecule has 0 bridgehead atoms. The maximum Gasteiger partial charge on any atom is 0.119 e. The Labute approximate surface area is 110 Å². The number of ether oxygens (including phenoxy) is 2. The quantitative estimate of drug-likeness (QED) is 0.731. The summed E-state index contributed by atoms with van der Waals surface area (Å²) in [5.41, 5.74) is 0. The van der Waals surface area contributed by atoms with Crippen molar-refractivity contribution in [3.63, 3.8) is 0 Å². The van der Waals surface area contributed by atoms with Crippen LogP contribution in [0.5, 0.6) is 11.5 Å². The van der Waals surface area contributed by atoms with Gasteiger partial charge < -0.3 is 14.8 Å². The van der Waals surface area contributed by atoms with Crippen LogP contribution in [0.3, 0.4) is 0 Å². The van der Waals surface area contributed by atoms with Crippen LogP contribution in [0.15, 0.2) is 24.3 Å². The monoisotopic (exact) mass is 251 g/mol. The third-order valence-electron chi connectivity index (χ3n) is 2.79. The van der Waals surface area contributed by atoms with Gasteiger partial charge in [0.05, 0.1) is 6.61 Å². The molecule has 102 valence electrons. The predicted molar refractivity (Wildman–Crippen MR) is 75.5 cm³/mol. The zero-order valence-electron chi connectivity index (χ0n) is 11.7. The molecule has 18 heavy (non-hydrogen) atoms. The smallest absolute Gasteiger partial charge is 0.119 e. The zero-order chi connectivity index (χ0) is 13.2. The largest absolute Gasteiger partial charge is 0.494 e. The Kier molecular flexibility index (Phi) is 7.26. The molecule has 0 aliphatic carbocycles. The first-order valence-corrected chi connectivity index (χ1v) is 6.83. The van der Waals surface area contributed by atoms with Gasteiger partial charge in [0.1, 0.15) is 18.1 Å². The number of benzene rings is 1. The maximum absolute atomic E-state index is 5.75. The molecule has 0 aromatic heterocycles. The molecule has 0 saturated heterocycles. The molecule has 0 spiro atoms. The Morgan fingerprint density at radius 1 is 1.00 bits per heavy atom. The van der Waals surface area contributed by atoms with Crippen LogP contribution < -0.4 is 14.8 Å². The fourth-order valence-electron chi connectivity index (χ4n) is 1.71. The van der Waals surface area contributed by atoms with E-state index in [2.05, 4.69) is 19.2 Å². The Bertz CT molecular complexity index is 311. The molecule has 3 nitrogen and oxygen atoms in total. The molecule has 1 aromatic rings. The van der Waals surface area contributed by atoms with Crippen LogP contribution in [-0.4, -0.2) is 26.3 Å². The summed E-state index contributed by atoms with van der Waals surface area (Å²) in [5, 5.41) is 3.26. The first kappa shape index (κ1) is 14.8. The van der Waals surface area contributed by atoms with Crippen LogP contribution in [0.1, 0.15) is 33.1 Å². The summed E-state index contributed by atoms with van der Waals surface area (Å²) in [6, 6.07) is 8.26. The zero-order valence-corrected chi connectivity index (χ0v) is 11.7. The van der Waals surface area contributed by atoms with Gasteiger partial charge in [-0.1, -0.05) is 20.3 Å². The van der Waals surface area contributed by atoms with Gasteiger partial charge in [0, 0.05) is 6.04 Å². The number of nitrogens with one attached hydrogen (secondary N) is 1. The van der Waals surface area contributed by atoms with Gasteiger partial charge >= 0.3 is 0 Å². The minimum atomic E-state index is 0.422. The molecule has 1 rings (SSSR count). The molecule has 0 heterocycles. The molecule has 0 fully saturated rings. The van der Waals surface area contributed by atoms with Gasteiger partial charge in [0.25, 0.3) is 0 Å². The lowest BCUT2D eigenvalue weighted by molar-refractivity contribution is 0.262. The van der Waals surface area contributed by atoms with Crippen molar-refractivity contribution in [1.29, 1.82) is 0 Å². The van der Waals surface area contributed by atoms with Gasteiger partial charge in [-0.15, -0.1) is 0 Å². The highest BCUT2D eigenvalue weighted by atomic mass is 16.5. The molecule has 1 unspecified atom stereocenters. The van der Waals surface area contributed by atoms with Crippen molar-refractivity contribution in [2.24, 2.45) is 0 Å². The molecule has 0 aliphatic heterocycles. The number of likely N-dealkylation sites (N-methyl/N-ethyl adjacent to an activating group) is 1. The van der Waals surface area contributed by atoms with E-state index in [0.29, 0.717) is 12.6 Å². The highest BCUT2D eigenvalue weighted by molar-refractivity contribution is 5.31. The molecule has 1 N–H and O–H groups in total. The molecule has 1 aromatic carbocycles. The standard InChI is InChI=1S/C15H25NO2/c1-4-6-13(16-3)12-18-15-9-7-14(8-10-15)17-11-5-2/h7-10,13,16H,4-6,11-12H2,1-3H3. The van der Waals surface area contributed by atoms with Crippen LogP contribution in [0.4, 0.5) is 0 Å². The van der Waals surface area contributed by atoms with Crippen molar-refractivity contribution in [3.05, 3.63) is 24.3 Å². The number of rotatable bonds is 9. The van der Waals surface area contributed by atoms with Crippen LogP contribution in [0.25, 0.3) is 0 Å². The van der Waals surface area contributed by atoms with E-state index in [1.807, 2.05) is 31.3 Å². The van der Waals surface area contributed by atoms with E-state index in [-0.39, 0.29) is 0 Å². The van der Waals surface area contributed by atoms with Crippen molar-refractivity contribution in [3.8, 4) is 11.5 Å². The third kappa shape index (κ3) is 5.41. The van der Waals surface area contributed by atoms with E-state index in [9.17, 15) is 0 Å². The Morgan fingerprint density at radius 3 is 2.11 bits per heavy atom. The van der Waals surface area contributed by atoms with Crippen molar-refractivity contribution >= 4 is 0 Å². The lowest BCUT2D eigenvalue weighted by Crippen LogP contribution is -2.31. The van der Waals surface area contributed by atoms with Crippen LogP contribution in [0.2, 0.25) is 0 Å². The second kappa shape index (κ2) is 8.81. The highest BCUT2D eigenvalue weighted by Crippen LogP contribution is 2.18. The topological polar surface area (TPSA) is 30.5 Å². The van der Waals surface area contributed by atoms with Gasteiger partial charge in [-0.05, 0) is 44.2 Å². The number of hydrogen-bond donors (Lipinski definition) is 1. The molecule has 0 aliphatic rings. The SMILES string of the molecule is CCCOc1ccc(OCC(CCC)NC)cc1. The summed E-state index contributed by atoms with van der Waals surface area (Å²) in [4.78, 5) is 0. The Balaban J connectivity index is 2.38. The fourth-order valence-corrected chi connectivity index (χ4v) is 1.71. The highest BCUT2D eigenvalue weighted by Gasteiger charge is 2.05. The van der Waals surface area contributed by atoms with Gasteiger partial charge in [-0.2, -0.15) is 0 Å². The van der Waals surface area contributed by atoms with E-state index in [0.717, 1.165) is 30.9 Å². The van der Waals surface area contributed by atoms with Crippen molar-refractivity contribution in [2.45, 2.75) is 39.2 Å². The molecule has 3 heteroatoms. The Morgan fingerprint density at radius 2 is 1.61 bits per heavy atom. The minimum Gasteiger partial charge on any atom is -0.494 e. The van der Waals surface area contributed by atoms with E-state index < -0.39 is 0 Å². The first-order valence-electron chi connectivity index (χ1n) is 6.83. The minimum absolute atomic E-state index is 0.422. The van der Waals surface area contributed by atoms with Gasteiger partial charge in [0.15, 0.2) is 0 Å². The average molecular weight is 251 g/mol. The number of hydrogen-bond acceptors (Lipinski definition) is 3. The molecule has 0 amide bonds. The second-order valence-corrected chi connectivity index (χ2v) is 4.41. The molecule has 1 atom stereocenters. The molecule has 0 saturated carbocycles. The van der Waals surface area contributed by atoms with Gasteiger partial charge in [0.2, 0.25) is 0 Å². The predicted octanol–water partition coefficient (Wildman–Crippen LogP) is 3.24. The second-order valence-electron chi connectivity index (χ2n) is 4.41. The summed E-state index contributed by atoms with van der Waals surface area (Å²) < 4.78 is 11.3. The summed E-state index contributed by atoms with van der Waals surface area (Å²) in [6.45, 7) is 5.76. The molecule has 0 radical (unpaired) electrons. The Hall–Kier alpha value is -1.22. The normalized spacial score (nSPS) is 12.2. The third-order valence-corrected chi connectivity index (χ3v) is 2.79. The fraction of sp³-hybridized carbons (Fsp3) is 0.600. The first-order chi connectivity index (χ1) is 8.80. The van der Waals surface area contributed by atoms with Crippen LogP contribution in [-0.2, 0) is 0 Å². The van der Waals surface area contributed by atoms with E-state index in [1.54, 1.807) is 0 Å². The summed E-state index contributed by atoms with van der Waals surface area (Å²) >= 11 is 0. The molecular formula is C15H25NO2. The van der Waals surface area contributed by atoms with Crippen molar-refractivity contribution in [2.75, 3.05) is 20.3 Å². The molecular weight excluding hydrogens is 226 g/mol. The lowest BCUT2D eigenvalue weighted by atomic mass is 10.2. The average Bonchev–Trinajstić information content (AvgIpc) is 2.42. The van der Waals surface area contributed by atoms with Crippen LogP contribution >= 0.6 is 0 Å². The summed E-state index contributed by atoms with van der Waals surface area (Å²) in [6.07, 6.45) is 3.33. The lowest BCUT2D eigenvalue weighted by Gasteiger charge is -2.16. The van der Waals surface area contributed by atoms with E-state index in [4.69, 9.17) is 9.47 Å².